The summed E-state index contributed by atoms with van der Waals surface area (Å²) in [6.07, 6.45) is 1.96. The van der Waals surface area contributed by atoms with Crippen LogP contribution in [-0.2, 0) is 7.05 Å². The zero-order chi connectivity index (χ0) is 17.0. The molecule has 0 unspecified atom stereocenters. The molecule has 0 saturated heterocycles. The van der Waals surface area contributed by atoms with Gasteiger partial charge in [0.05, 0.1) is 0 Å². The third-order valence-corrected chi connectivity index (χ3v) is 7.27. The fraction of sp³-hybridized carbons (Fsp3) is 0.0909. The topological polar surface area (TPSA) is 16.8 Å². The molecular weight excluding hydrogens is 371 g/mol. The van der Waals surface area contributed by atoms with Crippen LogP contribution >= 0.6 is 0 Å². The van der Waals surface area contributed by atoms with Crippen LogP contribution in [0.2, 0.25) is 0 Å². The van der Waals surface area contributed by atoms with Crippen molar-refractivity contribution in [2.75, 3.05) is 0 Å². The SMILES string of the molecule is Cc1ccccc1-c1c2[se]c3cc4ccccc4cc3c2nc[n+]1C. The Bertz CT molecular complexity index is 1270. The van der Waals surface area contributed by atoms with Gasteiger partial charge in [-0.1, -0.05) is 0 Å². The molecule has 120 valence electrons. The van der Waals surface area contributed by atoms with Crippen molar-refractivity contribution in [2.24, 2.45) is 7.05 Å². The van der Waals surface area contributed by atoms with Gasteiger partial charge in [-0.15, -0.1) is 0 Å². The first kappa shape index (κ1) is 14.8. The van der Waals surface area contributed by atoms with Gasteiger partial charge in [0.2, 0.25) is 0 Å². The number of hydrogen-bond donors (Lipinski definition) is 0. The summed E-state index contributed by atoms with van der Waals surface area (Å²) in [6.45, 7) is 2.19. The average molecular weight is 388 g/mol. The van der Waals surface area contributed by atoms with E-state index in [2.05, 4.69) is 79.2 Å². The number of fused-ring (bicyclic) bond motifs is 4. The first-order valence-corrected chi connectivity index (χ1v) is 10.1. The van der Waals surface area contributed by atoms with Gasteiger partial charge in [0.1, 0.15) is 0 Å². The number of aromatic nitrogens is 2. The summed E-state index contributed by atoms with van der Waals surface area (Å²) in [5.74, 6) is 0. The van der Waals surface area contributed by atoms with Crippen LogP contribution in [0.25, 0.3) is 41.5 Å². The molecule has 0 aliphatic heterocycles. The van der Waals surface area contributed by atoms with Gasteiger partial charge in [-0.2, -0.15) is 0 Å². The van der Waals surface area contributed by atoms with Gasteiger partial charge in [0.15, 0.2) is 0 Å². The molecule has 2 heterocycles. The fourth-order valence-corrected chi connectivity index (χ4v) is 6.26. The molecule has 2 nitrogen and oxygen atoms in total. The van der Waals surface area contributed by atoms with Crippen molar-refractivity contribution in [2.45, 2.75) is 6.92 Å². The number of rotatable bonds is 1. The zero-order valence-corrected chi connectivity index (χ0v) is 15.9. The minimum atomic E-state index is 0.276. The monoisotopic (exact) mass is 389 g/mol. The molecule has 0 aliphatic rings. The van der Waals surface area contributed by atoms with Gasteiger partial charge in [-0.25, -0.2) is 0 Å². The Hall–Kier alpha value is -2.48. The second-order valence-corrected chi connectivity index (χ2v) is 8.70. The Morgan fingerprint density at radius 3 is 2.44 bits per heavy atom. The molecule has 2 aromatic heterocycles. The summed E-state index contributed by atoms with van der Waals surface area (Å²) in [5.41, 5.74) is 5.09. The third kappa shape index (κ3) is 2.24. The van der Waals surface area contributed by atoms with Crippen LogP contribution in [0.5, 0.6) is 0 Å². The van der Waals surface area contributed by atoms with Crippen molar-refractivity contribution >= 4 is 44.7 Å². The molecule has 5 aromatic rings. The van der Waals surface area contributed by atoms with E-state index in [0.29, 0.717) is 0 Å². The molecule has 0 radical (unpaired) electrons. The second kappa shape index (κ2) is 5.52. The predicted octanol–water partition coefficient (Wildman–Crippen LogP) is 4.40. The number of nitrogens with zero attached hydrogens (tertiary/aromatic N) is 2. The Morgan fingerprint density at radius 2 is 1.64 bits per heavy atom. The molecular formula is C22H17N2Se+. The molecule has 3 aromatic carbocycles. The van der Waals surface area contributed by atoms with Crippen molar-refractivity contribution in [3.05, 3.63) is 72.6 Å². The van der Waals surface area contributed by atoms with Crippen molar-refractivity contribution in [1.82, 2.24) is 4.98 Å². The average Bonchev–Trinajstić information content (AvgIpc) is 2.98. The normalized spacial score (nSPS) is 11.6. The van der Waals surface area contributed by atoms with Crippen molar-refractivity contribution in [3.8, 4) is 11.3 Å². The summed E-state index contributed by atoms with van der Waals surface area (Å²) >= 11 is 0.276. The van der Waals surface area contributed by atoms with E-state index < -0.39 is 0 Å². The first-order valence-electron chi connectivity index (χ1n) is 8.38. The van der Waals surface area contributed by atoms with Crippen LogP contribution in [0, 0.1) is 6.92 Å². The quantitative estimate of drug-likeness (QED) is 0.307. The fourth-order valence-electron chi connectivity index (χ4n) is 3.57. The van der Waals surface area contributed by atoms with E-state index >= 15 is 0 Å². The van der Waals surface area contributed by atoms with Crippen LogP contribution in [0.4, 0.5) is 0 Å². The molecule has 0 aliphatic carbocycles. The van der Waals surface area contributed by atoms with Gasteiger partial charge in [0.25, 0.3) is 0 Å². The van der Waals surface area contributed by atoms with Crippen LogP contribution < -0.4 is 4.57 Å². The third-order valence-electron chi connectivity index (χ3n) is 4.86. The van der Waals surface area contributed by atoms with Gasteiger partial charge in [-0.3, -0.25) is 0 Å². The van der Waals surface area contributed by atoms with Gasteiger partial charge in [0, 0.05) is 0 Å². The summed E-state index contributed by atoms with van der Waals surface area (Å²) in [5, 5.41) is 3.92. The summed E-state index contributed by atoms with van der Waals surface area (Å²) in [4.78, 5) is 4.80. The summed E-state index contributed by atoms with van der Waals surface area (Å²) < 4.78 is 5.01. The molecule has 0 amide bonds. The van der Waals surface area contributed by atoms with E-state index in [1.165, 1.54) is 41.5 Å². The van der Waals surface area contributed by atoms with E-state index in [-0.39, 0.29) is 14.5 Å². The zero-order valence-electron chi connectivity index (χ0n) is 14.2. The number of aryl methyl sites for hydroxylation is 2. The van der Waals surface area contributed by atoms with E-state index in [1.54, 1.807) is 0 Å². The molecule has 3 heteroatoms. The van der Waals surface area contributed by atoms with Gasteiger partial charge < -0.3 is 0 Å². The Labute approximate surface area is 152 Å². The molecule has 0 spiro atoms. The Balaban J connectivity index is 1.94. The molecule has 0 fully saturated rings. The van der Waals surface area contributed by atoms with Crippen LogP contribution in [0.3, 0.4) is 0 Å². The number of hydrogen-bond acceptors (Lipinski definition) is 1. The number of benzene rings is 3. The van der Waals surface area contributed by atoms with E-state index in [4.69, 9.17) is 4.98 Å². The van der Waals surface area contributed by atoms with E-state index in [9.17, 15) is 0 Å². The molecule has 0 bridgehead atoms. The maximum absolute atomic E-state index is 4.80. The van der Waals surface area contributed by atoms with Crippen molar-refractivity contribution in [1.29, 1.82) is 0 Å². The Kier molecular flexibility index (Phi) is 3.27. The Morgan fingerprint density at radius 1 is 0.920 bits per heavy atom. The van der Waals surface area contributed by atoms with E-state index in [1.807, 2.05) is 6.33 Å². The predicted molar refractivity (Wildman–Crippen MR) is 105 cm³/mol. The molecule has 0 atom stereocenters. The second-order valence-electron chi connectivity index (χ2n) is 6.49. The van der Waals surface area contributed by atoms with E-state index in [0.717, 1.165) is 5.52 Å². The van der Waals surface area contributed by atoms with Crippen LogP contribution in [0.15, 0.2) is 67.0 Å². The summed E-state index contributed by atoms with van der Waals surface area (Å²) in [7, 11) is 2.10. The molecule has 0 saturated carbocycles. The van der Waals surface area contributed by atoms with Gasteiger partial charge >= 0.3 is 152 Å². The van der Waals surface area contributed by atoms with Crippen LogP contribution in [-0.4, -0.2) is 19.5 Å². The molecule has 25 heavy (non-hydrogen) atoms. The summed E-state index contributed by atoms with van der Waals surface area (Å²) in [6, 6.07) is 21.9. The van der Waals surface area contributed by atoms with Crippen molar-refractivity contribution < 1.29 is 4.57 Å². The van der Waals surface area contributed by atoms with Crippen LogP contribution in [0.1, 0.15) is 5.56 Å². The van der Waals surface area contributed by atoms with Gasteiger partial charge in [-0.05, 0) is 0 Å². The maximum atomic E-state index is 4.80. The van der Waals surface area contributed by atoms with Crippen molar-refractivity contribution in [3.63, 3.8) is 0 Å². The molecule has 0 N–H and O–H groups in total. The standard InChI is InChI=1S/C22H17N2Se/c1-14-7-3-6-10-17(14)21-22-20(23-13-24(21)2)18-11-15-8-4-5-9-16(15)12-19(18)25-22/h3-13H,1-2H3/q+1. The minimum absolute atomic E-state index is 0.276. The first-order chi connectivity index (χ1) is 12.2. The molecule has 5 rings (SSSR count).